The lowest BCUT2D eigenvalue weighted by Gasteiger charge is -2.31. The van der Waals surface area contributed by atoms with E-state index in [2.05, 4.69) is 15.3 Å². The first-order valence-corrected chi connectivity index (χ1v) is 15.3. The quantitative estimate of drug-likeness (QED) is 0.176. The first-order chi connectivity index (χ1) is 19.2. The number of fused-ring (bicyclic) bond motifs is 2. The molecule has 0 aliphatic carbocycles. The SMILES string of the molecule is COC(=O)c1nc(N2CCc3cccc(C(=O)Nc4nc5ccccc5s4)c3C2)ccc1CCCOS(C)(=O)=O. The smallest absolute Gasteiger partial charge is 0.357 e. The molecule has 0 fully saturated rings. The summed E-state index contributed by atoms with van der Waals surface area (Å²) in [5.74, 6) is -0.217. The van der Waals surface area contributed by atoms with E-state index in [1.165, 1.54) is 18.4 Å². The Labute approximate surface area is 236 Å². The van der Waals surface area contributed by atoms with Crippen LogP contribution < -0.4 is 10.2 Å². The van der Waals surface area contributed by atoms with Crippen LogP contribution in [0.4, 0.5) is 10.9 Å². The Balaban J connectivity index is 1.35. The second-order valence-corrected chi connectivity index (χ2v) is 12.0. The molecule has 0 atom stereocenters. The van der Waals surface area contributed by atoms with Crippen molar-refractivity contribution >= 4 is 54.5 Å². The number of nitrogens with one attached hydrogen (secondary N) is 1. The van der Waals surface area contributed by atoms with E-state index < -0.39 is 16.1 Å². The van der Waals surface area contributed by atoms with Gasteiger partial charge in [-0.1, -0.05) is 41.7 Å². The zero-order valence-electron chi connectivity index (χ0n) is 22.0. The van der Waals surface area contributed by atoms with Crippen LogP contribution in [0.25, 0.3) is 10.2 Å². The monoisotopic (exact) mass is 580 g/mol. The lowest BCUT2D eigenvalue weighted by atomic mass is 9.94. The average Bonchev–Trinajstić information content (AvgIpc) is 3.36. The van der Waals surface area contributed by atoms with Crippen molar-refractivity contribution in [2.45, 2.75) is 25.8 Å². The van der Waals surface area contributed by atoms with Gasteiger partial charge >= 0.3 is 5.97 Å². The molecule has 1 aliphatic heterocycles. The third kappa shape index (κ3) is 6.30. The number of benzene rings is 2. The van der Waals surface area contributed by atoms with Crippen LogP contribution in [0.3, 0.4) is 0 Å². The number of hydrogen-bond donors (Lipinski definition) is 1. The van der Waals surface area contributed by atoms with Crippen molar-refractivity contribution < 1.29 is 26.9 Å². The van der Waals surface area contributed by atoms with Gasteiger partial charge in [-0.25, -0.2) is 14.8 Å². The molecule has 4 aromatic rings. The highest BCUT2D eigenvalue weighted by atomic mass is 32.2. The summed E-state index contributed by atoms with van der Waals surface area (Å²) in [5, 5.41) is 3.49. The van der Waals surface area contributed by atoms with Crippen LogP contribution in [0, 0.1) is 0 Å². The summed E-state index contributed by atoms with van der Waals surface area (Å²) in [7, 11) is -2.24. The molecule has 0 saturated carbocycles. The number of aromatic nitrogens is 2. The predicted molar refractivity (Wildman–Crippen MR) is 153 cm³/mol. The van der Waals surface area contributed by atoms with Gasteiger partial charge < -0.3 is 9.64 Å². The van der Waals surface area contributed by atoms with Crippen LogP contribution in [-0.4, -0.2) is 56.8 Å². The third-order valence-corrected chi connectivity index (χ3v) is 8.13. The van der Waals surface area contributed by atoms with Crippen LogP contribution >= 0.6 is 11.3 Å². The highest BCUT2D eigenvalue weighted by Crippen LogP contribution is 2.29. The second kappa shape index (κ2) is 11.7. The van der Waals surface area contributed by atoms with Gasteiger partial charge in [-0.3, -0.25) is 14.3 Å². The summed E-state index contributed by atoms with van der Waals surface area (Å²) < 4.78 is 33.2. The number of rotatable bonds is 9. The highest BCUT2D eigenvalue weighted by molar-refractivity contribution is 7.85. The first-order valence-electron chi connectivity index (χ1n) is 12.7. The lowest BCUT2D eigenvalue weighted by Crippen LogP contribution is -2.33. The number of carbonyl (C=O) groups excluding carboxylic acids is 2. The van der Waals surface area contributed by atoms with Crippen LogP contribution in [0.1, 0.15) is 44.0 Å². The summed E-state index contributed by atoms with van der Waals surface area (Å²) in [6.07, 6.45) is 2.49. The molecule has 5 rings (SSSR count). The maximum absolute atomic E-state index is 13.3. The summed E-state index contributed by atoms with van der Waals surface area (Å²) in [6, 6.07) is 17.1. The number of ether oxygens (including phenoxy) is 1. The van der Waals surface area contributed by atoms with E-state index in [9.17, 15) is 18.0 Å². The Morgan fingerprint density at radius 1 is 1.07 bits per heavy atom. The Hall–Kier alpha value is -3.87. The molecule has 0 spiro atoms. The number of anilines is 2. The summed E-state index contributed by atoms with van der Waals surface area (Å²) >= 11 is 1.43. The molecule has 1 amide bonds. The van der Waals surface area contributed by atoms with E-state index in [0.717, 1.165) is 27.6 Å². The average molecular weight is 581 g/mol. The number of carbonyl (C=O) groups is 2. The van der Waals surface area contributed by atoms with Gasteiger partial charge in [0, 0.05) is 18.7 Å². The highest BCUT2D eigenvalue weighted by Gasteiger charge is 2.25. The molecule has 40 heavy (non-hydrogen) atoms. The van der Waals surface area contributed by atoms with Crippen molar-refractivity contribution in [1.29, 1.82) is 0 Å². The Bertz CT molecular complexity index is 1650. The molecule has 208 valence electrons. The maximum atomic E-state index is 13.3. The first kappa shape index (κ1) is 27.7. The Kier molecular flexibility index (Phi) is 8.10. The zero-order valence-corrected chi connectivity index (χ0v) is 23.7. The van der Waals surface area contributed by atoms with Crippen LogP contribution in [0.5, 0.6) is 0 Å². The van der Waals surface area contributed by atoms with Crippen molar-refractivity contribution in [1.82, 2.24) is 9.97 Å². The summed E-state index contributed by atoms with van der Waals surface area (Å²) in [6.45, 7) is 1.10. The van der Waals surface area contributed by atoms with E-state index in [4.69, 9.17) is 8.92 Å². The van der Waals surface area contributed by atoms with Crippen molar-refractivity contribution in [2.24, 2.45) is 0 Å². The minimum Gasteiger partial charge on any atom is -0.464 e. The molecule has 0 radical (unpaired) electrons. The molecule has 1 aliphatic rings. The predicted octanol–water partition coefficient (Wildman–Crippen LogP) is 4.20. The number of amides is 1. The summed E-state index contributed by atoms with van der Waals surface area (Å²) in [5.41, 5.74) is 4.20. The number of methoxy groups -OCH3 is 1. The maximum Gasteiger partial charge on any atom is 0.357 e. The molecule has 0 unspecified atom stereocenters. The van der Waals surface area contributed by atoms with Crippen LogP contribution in [-0.2, 0) is 38.4 Å². The van der Waals surface area contributed by atoms with Crippen LogP contribution in [0.2, 0.25) is 0 Å². The molecule has 2 aromatic heterocycles. The molecule has 2 aromatic carbocycles. The van der Waals surface area contributed by atoms with Gasteiger partial charge in [0.25, 0.3) is 16.0 Å². The largest absolute Gasteiger partial charge is 0.464 e. The minimum atomic E-state index is -3.53. The fourth-order valence-corrected chi connectivity index (χ4v) is 5.96. The Morgan fingerprint density at radius 3 is 2.67 bits per heavy atom. The molecular formula is C28H28N4O6S2. The number of pyridine rings is 1. The second-order valence-electron chi connectivity index (χ2n) is 9.35. The third-order valence-electron chi connectivity index (χ3n) is 6.59. The van der Waals surface area contributed by atoms with E-state index in [-0.39, 0.29) is 18.2 Å². The zero-order chi connectivity index (χ0) is 28.3. The van der Waals surface area contributed by atoms with E-state index in [0.29, 0.717) is 54.4 Å². The molecular weight excluding hydrogens is 552 g/mol. The standard InChI is InChI=1S/C28H28N4O6S2/c1-37-27(34)25-19(8-6-16-38-40(2,35)36)12-13-24(30-25)32-15-14-18-7-5-9-20(21(18)17-32)26(33)31-28-29-22-10-3-4-11-23(22)39-28/h3-5,7,9-13H,6,8,14-17H2,1-2H3,(H,29,31,33). The van der Waals surface area contributed by atoms with Crippen molar-refractivity contribution in [3.63, 3.8) is 0 Å². The molecule has 12 heteroatoms. The lowest BCUT2D eigenvalue weighted by molar-refractivity contribution is 0.0592. The van der Waals surface area contributed by atoms with Gasteiger partial charge in [0.05, 0.1) is 30.2 Å². The van der Waals surface area contributed by atoms with E-state index in [1.54, 1.807) is 12.1 Å². The number of para-hydroxylation sites is 1. The fraction of sp³-hybridized carbons (Fsp3) is 0.286. The fourth-order valence-electron chi connectivity index (χ4n) is 4.68. The number of nitrogens with zero attached hydrogens (tertiary/aromatic N) is 3. The van der Waals surface area contributed by atoms with Gasteiger partial charge in [-0.2, -0.15) is 8.42 Å². The number of thiazole rings is 1. The van der Waals surface area contributed by atoms with Gasteiger partial charge in [-0.05, 0) is 60.2 Å². The number of esters is 1. The van der Waals surface area contributed by atoms with Gasteiger partial charge in [0.2, 0.25) is 0 Å². The molecule has 10 nitrogen and oxygen atoms in total. The molecule has 0 bridgehead atoms. The van der Waals surface area contributed by atoms with Crippen LogP contribution in [0.15, 0.2) is 54.6 Å². The van der Waals surface area contributed by atoms with E-state index >= 15 is 0 Å². The van der Waals surface area contributed by atoms with E-state index in [1.807, 2.05) is 47.4 Å². The van der Waals surface area contributed by atoms with Crippen molar-refractivity contribution in [2.75, 3.05) is 36.7 Å². The van der Waals surface area contributed by atoms with Gasteiger partial charge in [0.1, 0.15) is 5.82 Å². The molecule has 0 saturated heterocycles. The Morgan fingerprint density at radius 2 is 1.90 bits per heavy atom. The van der Waals surface area contributed by atoms with Crippen molar-refractivity contribution in [3.05, 3.63) is 82.5 Å². The number of aryl methyl sites for hydroxylation is 1. The molecule has 1 N–H and O–H groups in total. The number of hydrogen-bond acceptors (Lipinski definition) is 10. The van der Waals surface area contributed by atoms with Gasteiger partial charge in [0.15, 0.2) is 10.8 Å². The minimum absolute atomic E-state index is 0.00592. The topological polar surface area (TPSA) is 128 Å². The summed E-state index contributed by atoms with van der Waals surface area (Å²) in [4.78, 5) is 37.0. The van der Waals surface area contributed by atoms with Crippen molar-refractivity contribution in [3.8, 4) is 0 Å². The molecule has 3 heterocycles. The van der Waals surface area contributed by atoms with Gasteiger partial charge in [-0.15, -0.1) is 0 Å². The normalized spacial score (nSPS) is 13.2.